The molecule has 0 aromatic heterocycles. The number of hydrogen-bond acceptors (Lipinski definition) is 3. The van der Waals surface area contributed by atoms with Crippen LogP contribution < -0.4 is 15.4 Å². The van der Waals surface area contributed by atoms with Gasteiger partial charge in [-0.15, -0.1) is 0 Å². The quantitative estimate of drug-likeness (QED) is 0.779. The standard InChI is InChI=1S/C15H21BrN2O2/c1-9(2)5-4-6-20-13-8-12-10(7-11(13)16)14(17-3)15(19)18-12/h7-9,14,17H,4-6H2,1-3H3,(H,18,19). The van der Waals surface area contributed by atoms with Crippen LogP contribution >= 0.6 is 15.9 Å². The fraction of sp³-hybridized carbons (Fsp3) is 0.533. The Kier molecular flexibility index (Phi) is 5.05. The minimum atomic E-state index is -0.281. The van der Waals surface area contributed by atoms with E-state index in [0.29, 0.717) is 12.5 Å². The Morgan fingerprint density at radius 2 is 2.20 bits per heavy atom. The summed E-state index contributed by atoms with van der Waals surface area (Å²) in [6, 6.07) is 3.56. The van der Waals surface area contributed by atoms with E-state index in [2.05, 4.69) is 40.4 Å². The molecule has 5 heteroatoms. The fourth-order valence-electron chi connectivity index (χ4n) is 2.33. The normalized spacial score (nSPS) is 17.2. The van der Waals surface area contributed by atoms with Crippen LogP contribution in [-0.4, -0.2) is 19.6 Å². The molecule has 0 aliphatic carbocycles. The Morgan fingerprint density at radius 1 is 1.45 bits per heavy atom. The summed E-state index contributed by atoms with van der Waals surface area (Å²) in [6.45, 7) is 5.11. The molecule has 1 amide bonds. The van der Waals surface area contributed by atoms with E-state index < -0.39 is 0 Å². The third-order valence-electron chi connectivity index (χ3n) is 3.41. The Bertz CT molecular complexity index is 503. The van der Waals surface area contributed by atoms with Crippen molar-refractivity contribution >= 4 is 27.5 Å². The van der Waals surface area contributed by atoms with Crippen molar-refractivity contribution in [3.05, 3.63) is 22.2 Å². The van der Waals surface area contributed by atoms with Gasteiger partial charge in [0, 0.05) is 17.3 Å². The highest BCUT2D eigenvalue weighted by atomic mass is 79.9. The molecule has 0 fully saturated rings. The predicted molar refractivity (Wildman–Crippen MR) is 84.1 cm³/mol. The average molecular weight is 341 g/mol. The number of anilines is 1. The van der Waals surface area contributed by atoms with Crippen molar-refractivity contribution in [1.29, 1.82) is 0 Å². The first-order valence-corrected chi connectivity index (χ1v) is 7.76. The first kappa shape index (κ1) is 15.3. The minimum absolute atomic E-state index is 0.0219. The van der Waals surface area contributed by atoms with E-state index in [1.54, 1.807) is 7.05 Å². The first-order chi connectivity index (χ1) is 9.52. The fourth-order valence-corrected chi connectivity index (χ4v) is 2.81. The average Bonchev–Trinajstić information content (AvgIpc) is 2.69. The van der Waals surface area contributed by atoms with Gasteiger partial charge in [0.25, 0.3) is 0 Å². The smallest absolute Gasteiger partial charge is 0.246 e. The zero-order valence-corrected chi connectivity index (χ0v) is 13.7. The third kappa shape index (κ3) is 3.33. The Morgan fingerprint density at radius 3 is 2.85 bits per heavy atom. The van der Waals surface area contributed by atoms with Gasteiger partial charge in [0.15, 0.2) is 0 Å². The third-order valence-corrected chi connectivity index (χ3v) is 4.03. The van der Waals surface area contributed by atoms with E-state index in [1.165, 1.54) is 0 Å². The molecule has 1 heterocycles. The molecule has 1 aromatic carbocycles. The number of likely N-dealkylation sites (N-methyl/N-ethyl adjacent to an activating group) is 1. The summed E-state index contributed by atoms with van der Waals surface area (Å²) in [5, 5.41) is 5.88. The number of amides is 1. The summed E-state index contributed by atoms with van der Waals surface area (Å²) in [7, 11) is 1.78. The molecule has 1 aromatic rings. The molecule has 1 unspecified atom stereocenters. The lowest BCUT2D eigenvalue weighted by atomic mass is 10.1. The molecule has 1 aliphatic heterocycles. The van der Waals surface area contributed by atoms with Crippen LogP contribution in [0.3, 0.4) is 0 Å². The maximum absolute atomic E-state index is 11.8. The summed E-state index contributed by atoms with van der Waals surface area (Å²) < 4.78 is 6.68. The summed E-state index contributed by atoms with van der Waals surface area (Å²) >= 11 is 3.52. The molecular weight excluding hydrogens is 320 g/mol. The molecule has 2 rings (SSSR count). The van der Waals surface area contributed by atoms with Crippen molar-refractivity contribution in [2.45, 2.75) is 32.7 Å². The number of fused-ring (bicyclic) bond motifs is 1. The van der Waals surface area contributed by atoms with Crippen molar-refractivity contribution in [2.75, 3.05) is 19.0 Å². The lowest BCUT2D eigenvalue weighted by molar-refractivity contribution is -0.117. The Hall–Kier alpha value is -1.07. The highest BCUT2D eigenvalue weighted by Gasteiger charge is 2.30. The highest BCUT2D eigenvalue weighted by Crippen LogP contribution is 2.38. The predicted octanol–water partition coefficient (Wildman–Crippen LogP) is 3.48. The molecule has 20 heavy (non-hydrogen) atoms. The Labute approximate surface area is 128 Å². The molecule has 0 saturated carbocycles. The second-order valence-corrected chi connectivity index (χ2v) is 6.32. The monoisotopic (exact) mass is 340 g/mol. The molecule has 1 atom stereocenters. The van der Waals surface area contributed by atoms with Crippen LogP contribution in [0.5, 0.6) is 5.75 Å². The van der Waals surface area contributed by atoms with Crippen LogP contribution in [0.4, 0.5) is 5.69 Å². The van der Waals surface area contributed by atoms with Crippen molar-refractivity contribution in [1.82, 2.24) is 5.32 Å². The Balaban J connectivity index is 2.06. The van der Waals surface area contributed by atoms with Gasteiger partial charge < -0.3 is 15.4 Å². The van der Waals surface area contributed by atoms with Gasteiger partial charge in [-0.2, -0.15) is 0 Å². The number of halogens is 1. The van der Waals surface area contributed by atoms with Crippen molar-refractivity contribution in [2.24, 2.45) is 5.92 Å². The van der Waals surface area contributed by atoms with Crippen molar-refractivity contribution in [3.8, 4) is 5.75 Å². The molecule has 0 saturated heterocycles. The second kappa shape index (κ2) is 6.59. The van der Waals surface area contributed by atoms with E-state index in [9.17, 15) is 4.79 Å². The number of nitrogens with one attached hydrogen (secondary N) is 2. The highest BCUT2D eigenvalue weighted by molar-refractivity contribution is 9.10. The van der Waals surface area contributed by atoms with Gasteiger partial charge in [-0.05, 0) is 47.8 Å². The number of rotatable bonds is 6. The second-order valence-electron chi connectivity index (χ2n) is 5.47. The van der Waals surface area contributed by atoms with Crippen LogP contribution in [0, 0.1) is 5.92 Å². The number of benzene rings is 1. The zero-order chi connectivity index (χ0) is 14.7. The molecule has 4 nitrogen and oxygen atoms in total. The van der Waals surface area contributed by atoms with E-state index >= 15 is 0 Å². The lowest BCUT2D eigenvalue weighted by Gasteiger charge is -2.12. The maximum Gasteiger partial charge on any atom is 0.246 e. The maximum atomic E-state index is 11.8. The van der Waals surface area contributed by atoms with Crippen LogP contribution in [0.25, 0.3) is 0 Å². The summed E-state index contributed by atoms with van der Waals surface area (Å²) in [5.74, 6) is 1.45. The summed E-state index contributed by atoms with van der Waals surface area (Å²) in [5.41, 5.74) is 1.79. The minimum Gasteiger partial charge on any atom is -0.492 e. The lowest BCUT2D eigenvalue weighted by Crippen LogP contribution is -2.23. The van der Waals surface area contributed by atoms with Gasteiger partial charge in [0.1, 0.15) is 11.8 Å². The van der Waals surface area contributed by atoms with E-state index in [0.717, 1.165) is 34.3 Å². The molecule has 1 aliphatic rings. The molecule has 0 bridgehead atoms. The van der Waals surface area contributed by atoms with Crippen LogP contribution in [-0.2, 0) is 4.79 Å². The molecule has 110 valence electrons. The largest absolute Gasteiger partial charge is 0.492 e. The molecule has 2 N–H and O–H groups in total. The van der Waals surface area contributed by atoms with Gasteiger partial charge in [0.05, 0.1) is 11.1 Å². The van der Waals surface area contributed by atoms with Gasteiger partial charge in [0.2, 0.25) is 5.91 Å². The van der Waals surface area contributed by atoms with Crippen LogP contribution in [0.1, 0.15) is 38.3 Å². The number of carbonyl (C=O) groups is 1. The first-order valence-electron chi connectivity index (χ1n) is 6.97. The summed E-state index contributed by atoms with van der Waals surface area (Å²) in [4.78, 5) is 11.8. The number of ether oxygens (including phenoxy) is 1. The topological polar surface area (TPSA) is 50.4 Å². The SMILES string of the molecule is CNC1C(=O)Nc2cc(OCCCC(C)C)c(Br)cc21. The van der Waals surface area contributed by atoms with E-state index in [1.807, 2.05) is 12.1 Å². The van der Waals surface area contributed by atoms with Crippen molar-refractivity contribution < 1.29 is 9.53 Å². The van der Waals surface area contributed by atoms with Gasteiger partial charge in [-0.25, -0.2) is 0 Å². The van der Waals surface area contributed by atoms with E-state index in [-0.39, 0.29) is 11.9 Å². The van der Waals surface area contributed by atoms with Gasteiger partial charge in [-0.3, -0.25) is 4.79 Å². The van der Waals surface area contributed by atoms with Gasteiger partial charge in [-0.1, -0.05) is 13.8 Å². The summed E-state index contributed by atoms with van der Waals surface area (Å²) in [6.07, 6.45) is 2.19. The van der Waals surface area contributed by atoms with Crippen LogP contribution in [0.15, 0.2) is 16.6 Å². The molecule has 0 spiro atoms. The van der Waals surface area contributed by atoms with E-state index in [4.69, 9.17) is 4.74 Å². The van der Waals surface area contributed by atoms with Crippen molar-refractivity contribution in [3.63, 3.8) is 0 Å². The van der Waals surface area contributed by atoms with Gasteiger partial charge >= 0.3 is 0 Å². The number of carbonyl (C=O) groups excluding carboxylic acids is 1. The zero-order valence-electron chi connectivity index (χ0n) is 12.1. The molecule has 0 radical (unpaired) electrons. The van der Waals surface area contributed by atoms with Crippen LogP contribution in [0.2, 0.25) is 0 Å². The molecular formula is C15H21BrN2O2. The number of hydrogen-bond donors (Lipinski definition) is 2.